The Hall–Kier alpha value is -1.45. The van der Waals surface area contributed by atoms with Crippen molar-refractivity contribution in [3.63, 3.8) is 0 Å². The molecule has 0 aliphatic carbocycles. The summed E-state index contributed by atoms with van der Waals surface area (Å²) < 4.78 is 4.81. The molecular formula is C10H14O4. The predicted molar refractivity (Wildman–Crippen MR) is 50.7 cm³/mol. The SMILES string of the molecule is CCCC(=O)OCC/C=C\C(=O)C=O. The fourth-order valence-corrected chi connectivity index (χ4v) is 0.756. The fraction of sp³-hybridized carbons (Fsp3) is 0.500. The Morgan fingerprint density at radius 3 is 2.64 bits per heavy atom. The van der Waals surface area contributed by atoms with Crippen molar-refractivity contribution in [2.24, 2.45) is 0 Å². The van der Waals surface area contributed by atoms with E-state index in [4.69, 9.17) is 4.74 Å². The Kier molecular flexibility index (Phi) is 7.32. The van der Waals surface area contributed by atoms with Gasteiger partial charge in [-0.05, 0) is 18.9 Å². The van der Waals surface area contributed by atoms with Crippen LogP contribution in [0, 0.1) is 0 Å². The maximum Gasteiger partial charge on any atom is 0.305 e. The van der Waals surface area contributed by atoms with Crippen LogP contribution in [0.4, 0.5) is 0 Å². The molecule has 0 bridgehead atoms. The number of ketones is 1. The van der Waals surface area contributed by atoms with Crippen LogP contribution in [0.3, 0.4) is 0 Å². The maximum absolute atomic E-state index is 10.8. The van der Waals surface area contributed by atoms with Crippen molar-refractivity contribution >= 4 is 18.0 Å². The standard InChI is InChI=1S/C10H14O4/c1-2-5-10(13)14-7-4-3-6-9(12)8-11/h3,6,8H,2,4-5,7H2,1H3/b6-3-. The van der Waals surface area contributed by atoms with Gasteiger partial charge in [-0.3, -0.25) is 14.4 Å². The van der Waals surface area contributed by atoms with Gasteiger partial charge in [-0.1, -0.05) is 13.0 Å². The normalized spacial score (nSPS) is 10.1. The second kappa shape index (κ2) is 8.16. The number of esters is 1. The predicted octanol–water partition coefficient (Wildman–Crippen LogP) is 1.04. The quantitative estimate of drug-likeness (QED) is 0.202. The molecule has 0 saturated heterocycles. The molecule has 0 atom stereocenters. The summed E-state index contributed by atoms with van der Waals surface area (Å²) in [6, 6.07) is 0. The summed E-state index contributed by atoms with van der Waals surface area (Å²) in [6.07, 6.45) is 4.54. The van der Waals surface area contributed by atoms with Gasteiger partial charge in [0.05, 0.1) is 6.61 Å². The lowest BCUT2D eigenvalue weighted by atomic mass is 10.3. The highest BCUT2D eigenvalue weighted by Gasteiger charge is 1.98. The number of hydrogen-bond acceptors (Lipinski definition) is 4. The first-order valence-corrected chi connectivity index (χ1v) is 4.52. The van der Waals surface area contributed by atoms with Crippen LogP contribution in [0.2, 0.25) is 0 Å². The molecule has 4 nitrogen and oxygen atoms in total. The number of hydrogen-bond donors (Lipinski definition) is 0. The summed E-state index contributed by atoms with van der Waals surface area (Å²) in [5, 5.41) is 0. The Bertz CT molecular complexity index is 230. The van der Waals surface area contributed by atoms with Gasteiger partial charge in [-0.15, -0.1) is 0 Å². The van der Waals surface area contributed by atoms with Crippen molar-refractivity contribution in [2.75, 3.05) is 6.61 Å². The molecule has 4 heteroatoms. The number of allylic oxidation sites excluding steroid dienone is 1. The van der Waals surface area contributed by atoms with Gasteiger partial charge in [0.15, 0.2) is 6.29 Å². The van der Waals surface area contributed by atoms with E-state index in [1.54, 1.807) is 0 Å². The van der Waals surface area contributed by atoms with Crippen LogP contribution >= 0.6 is 0 Å². The van der Waals surface area contributed by atoms with Crippen LogP contribution in [-0.2, 0) is 19.1 Å². The lowest BCUT2D eigenvalue weighted by Gasteiger charge is -2.00. The smallest absolute Gasteiger partial charge is 0.305 e. The highest BCUT2D eigenvalue weighted by Crippen LogP contribution is 1.93. The van der Waals surface area contributed by atoms with Crippen LogP contribution in [0.15, 0.2) is 12.2 Å². The Balaban J connectivity index is 3.46. The van der Waals surface area contributed by atoms with E-state index in [0.29, 0.717) is 12.8 Å². The van der Waals surface area contributed by atoms with Crippen molar-refractivity contribution in [1.82, 2.24) is 0 Å². The Morgan fingerprint density at radius 2 is 2.07 bits per heavy atom. The average molecular weight is 198 g/mol. The largest absolute Gasteiger partial charge is 0.465 e. The summed E-state index contributed by atoms with van der Waals surface area (Å²) in [7, 11) is 0. The lowest BCUT2D eigenvalue weighted by molar-refractivity contribution is -0.143. The molecule has 0 saturated carbocycles. The molecule has 0 fully saturated rings. The number of carbonyl (C=O) groups excluding carboxylic acids is 3. The molecule has 0 aliphatic heterocycles. The monoisotopic (exact) mass is 198 g/mol. The average Bonchev–Trinajstić information content (AvgIpc) is 2.17. The molecule has 0 N–H and O–H groups in total. The molecule has 0 aromatic carbocycles. The van der Waals surface area contributed by atoms with E-state index in [-0.39, 0.29) is 18.9 Å². The highest BCUT2D eigenvalue weighted by atomic mass is 16.5. The summed E-state index contributed by atoms with van der Waals surface area (Å²) in [5.41, 5.74) is 0. The van der Waals surface area contributed by atoms with Crippen molar-refractivity contribution in [3.8, 4) is 0 Å². The molecule has 0 unspecified atom stereocenters. The minimum Gasteiger partial charge on any atom is -0.465 e. The molecule has 0 aromatic rings. The first-order chi connectivity index (χ1) is 6.70. The third-order valence-electron chi connectivity index (χ3n) is 1.40. The Labute approximate surface area is 82.9 Å². The number of rotatable bonds is 7. The van der Waals surface area contributed by atoms with Gasteiger partial charge in [-0.2, -0.15) is 0 Å². The molecular weight excluding hydrogens is 184 g/mol. The molecule has 78 valence electrons. The van der Waals surface area contributed by atoms with Crippen molar-refractivity contribution in [3.05, 3.63) is 12.2 Å². The zero-order chi connectivity index (χ0) is 10.8. The molecule has 0 heterocycles. The van der Waals surface area contributed by atoms with E-state index in [1.165, 1.54) is 12.2 Å². The molecule has 0 aromatic heterocycles. The first kappa shape index (κ1) is 12.6. The van der Waals surface area contributed by atoms with E-state index in [9.17, 15) is 14.4 Å². The highest BCUT2D eigenvalue weighted by molar-refractivity contribution is 6.30. The lowest BCUT2D eigenvalue weighted by Crippen LogP contribution is -2.04. The fourth-order valence-electron chi connectivity index (χ4n) is 0.756. The molecule has 0 rings (SSSR count). The molecule has 0 amide bonds. The van der Waals surface area contributed by atoms with Crippen molar-refractivity contribution < 1.29 is 19.1 Å². The van der Waals surface area contributed by atoms with E-state index in [1.807, 2.05) is 6.92 Å². The van der Waals surface area contributed by atoms with Gasteiger partial charge in [0.25, 0.3) is 0 Å². The number of aldehydes is 1. The zero-order valence-corrected chi connectivity index (χ0v) is 8.19. The first-order valence-electron chi connectivity index (χ1n) is 4.52. The molecule has 0 aliphatic rings. The van der Waals surface area contributed by atoms with Crippen LogP contribution < -0.4 is 0 Å². The van der Waals surface area contributed by atoms with Crippen LogP contribution in [0.1, 0.15) is 26.2 Å². The second-order valence-electron chi connectivity index (χ2n) is 2.68. The van der Waals surface area contributed by atoms with E-state index >= 15 is 0 Å². The van der Waals surface area contributed by atoms with Gasteiger partial charge in [0.1, 0.15) is 0 Å². The minimum atomic E-state index is -0.579. The van der Waals surface area contributed by atoms with Crippen LogP contribution in [0.5, 0.6) is 0 Å². The molecule has 0 spiro atoms. The molecule has 14 heavy (non-hydrogen) atoms. The molecule has 0 radical (unpaired) electrons. The van der Waals surface area contributed by atoms with E-state index in [0.717, 1.165) is 6.42 Å². The van der Waals surface area contributed by atoms with E-state index in [2.05, 4.69) is 0 Å². The maximum atomic E-state index is 10.8. The van der Waals surface area contributed by atoms with Gasteiger partial charge in [0.2, 0.25) is 5.78 Å². The van der Waals surface area contributed by atoms with Gasteiger partial charge >= 0.3 is 5.97 Å². The minimum absolute atomic E-state index is 0.234. The Morgan fingerprint density at radius 1 is 1.36 bits per heavy atom. The van der Waals surface area contributed by atoms with Crippen molar-refractivity contribution in [1.29, 1.82) is 0 Å². The van der Waals surface area contributed by atoms with Crippen LogP contribution in [-0.4, -0.2) is 24.6 Å². The topological polar surface area (TPSA) is 60.4 Å². The zero-order valence-electron chi connectivity index (χ0n) is 8.19. The van der Waals surface area contributed by atoms with Gasteiger partial charge in [0, 0.05) is 6.42 Å². The summed E-state index contributed by atoms with van der Waals surface area (Å²) in [5.74, 6) is -0.813. The van der Waals surface area contributed by atoms with Crippen molar-refractivity contribution in [2.45, 2.75) is 26.2 Å². The van der Waals surface area contributed by atoms with E-state index < -0.39 is 5.78 Å². The third kappa shape index (κ3) is 7.21. The summed E-state index contributed by atoms with van der Waals surface area (Å²) >= 11 is 0. The van der Waals surface area contributed by atoms with Gasteiger partial charge < -0.3 is 4.74 Å². The number of ether oxygens (including phenoxy) is 1. The number of carbonyl (C=O) groups is 3. The van der Waals surface area contributed by atoms with Gasteiger partial charge in [-0.25, -0.2) is 0 Å². The van der Waals surface area contributed by atoms with Crippen LogP contribution in [0.25, 0.3) is 0 Å². The summed E-state index contributed by atoms with van der Waals surface area (Å²) in [6.45, 7) is 2.14. The second-order valence-corrected chi connectivity index (χ2v) is 2.68. The third-order valence-corrected chi connectivity index (χ3v) is 1.40. The summed E-state index contributed by atoms with van der Waals surface area (Å²) in [4.78, 5) is 31.2.